The van der Waals surface area contributed by atoms with E-state index in [0.717, 1.165) is 41.7 Å². The molecule has 1 aromatic carbocycles. The van der Waals surface area contributed by atoms with E-state index in [1.54, 1.807) is 4.68 Å². The molecule has 8 nitrogen and oxygen atoms in total. The fourth-order valence-electron chi connectivity index (χ4n) is 4.77. The highest BCUT2D eigenvalue weighted by Gasteiger charge is 2.43. The summed E-state index contributed by atoms with van der Waals surface area (Å²) in [6, 6.07) is 5.74. The predicted octanol–water partition coefficient (Wildman–Crippen LogP) is 2.61. The molecule has 0 atom stereocenters. The smallest absolute Gasteiger partial charge is 0.270 e. The van der Waals surface area contributed by atoms with E-state index in [1.807, 2.05) is 50.1 Å². The van der Waals surface area contributed by atoms with Crippen molar-refractivity contribution in [3.8, 4) is 0 Å². The molecule has 30 heavy (non-hydrogen) atoms. The molecule has 2 amide bonds. The Morgan fingerprint density at radius 1 is 1.23 bits per heavy atom. The lowest BCUT2D eigenvalue weighted by molar-refractivity contribution is 0.0603. The first-order chi connectivity index (χ1) is 14.3. The third-order valence-corrected chi connectivity index (χ3v) is 6.34. The minimum atomic E-state index is -0.297. The van der Waals surface area contributed by atoms with Crippen LogP contribution >= 0.6 is 0 Å². The number of hydrogen-bond acceptors (Lipinski definition) is 4. The van der Waals surface area contributed by atoms with E-state index >= 15 is 0 Å². The number of nitrogens with one attached hydrogen (secondary N) is 2. The third kappa shape index (κ3) is 2.98. The van der Waals surface area contributed by atoms with Crippen LogP contribution in [0.1, 0.15) is 65.0 Å². The number of carbonyl (C=O) groups is 2. The molecule has 0 saturated carbocycles. The van der Waals surface area contributed by atoms with Gasteiger partial charge in [0.15, 0.2) is 0 Å². The molecule has 156 valence electrons. The Morgan fingerprint density at radius 2 is 2.00 bits per heavy atom. The van der Waals surface area contributed by atoms with Crippen LogP contribution in [0.4, 0.5) is 0 Å². The highest BCUT2D eigenvalue weighted by Crippen LogP contribution is 2.33. The van der Waals surface area contributed by atoms with Crippen molar-refractivity contribution >= 4 is 22.8 Å². The number of hydrogen-bond donors (Lipinski definition) is 2. The molecule has 8 heteroatoms. The first-order valence-corrected chi connectivity index (χ1v) is 10.5. The number of benzene rings is 1. The van der Waals surface area contributed by atoms with Gasteiger partial charge in [0.2, 0.25) is 0 Å². The van der Waals surface area contributed by atoms with Gasteiger partial charge in [-0.15, -0.1) is 0 Å². The summed E-state index contributed by atoms with van der Waals surface area (Å²) in [6.45, 7) is 7.18. The second-order valence-corrected chi connectivity index (χ2v) is 8.81. The van der Waals surface area contributed by atoms with Crippen molar-refractivity contribution in [3.05, 3.63) is 47.0 Å². The summed E-state index contributed by atoms with van der Waals surface area (Å²) < 4.78 is 1.79. The molecule has 2 aliphatic heterocycles. The zero-order valence-corrected chi connectivity index (χ0v) is 17.5. The first-order valence-electron chi connectivity index (χ1n) is 10.5. The molecule has 0 radical (unpaired) electrons. The van der Waals surface area contributed by atoms with Crippen LogP contribution in [0.25, 0.3) is 11.0 Å². The van der Waals surface area contributed by atoms with Gasteiger partial charge in [-0.05, 0) is 58.2 Å². The maximum atomic E-state index is 13.0. The molecule has 1 spiro atoms. The molecule has 1 saturated heterocycles. The SMILES string of the molecule is Cc1nc2cc(C(=O)N3CCC4(CC3)Cc3cnn(C(C)C)c3C(=O)N4)ccc2[nH]1. The van der Waals surface area contributed by atoms with Gasteiger partial charge in [0, 0.05) is 35.8 Å². The second kappa shape index (κ2) is 6.68. The van der Waals surface area contributed by atoms with E-state index in [4.69, 9.17) is 0 Å². The van der Waals surface area contributed by atoms with Gasteiger partial charge in [-0.1, -0.05) is 0 Å². The number of nitrogens with zero attached hydrogens (tertiary/aromatic N) is 4. The summed E-state index contributed by atoms with van der Waals surface area (Å²) >= 11 is 0. The maximum absolute atomic E-state index is 13.0. The minimum Gasteiger partial charge on any atom is -0.345 e. The molecule has 0 unspecified atom stereocenters. The molecular formula is C22H26N6O2. The highest BCUT2D eigenvalue weighted by atomic mass is 16.2. The van der Waals surface area contributed by atoms with E-state index < -0.39 is 0 Å². The lowest BCUT2D eigenvalue weighted by Crippen LogP contribution is -2.59. The lowest BCUT2D eigenvalue weighted by Gasteiger charge is -2.44. The van der Waals surface area contributed by atoms with Gasteiger partial charge in [0.1, 0.15) is 11.5 Å². The largest absolute Gasteiger partial charge is 0.345 e. The minimum absolute atomic E-state index is 0.0165. The van der Waals surface area contributed by atoms with Crippen LogP contribution in [-0.2, 0) is 6.42 Å². The zero-order valence-electron chi connectivity index (χ0n) is 17.5. The Balaban J connectivity index is 1.32. The summed E-state index contributed by atoms with van der Waals surface area (Å²) in [4.78, 5) is 35.4. The normalized spacial score (nSPS) is 18.1. The monoisotopic (exact) mass is 406 g/mol. The number of rotatable bonds is 2. The van der Waals surface area contributed by atoms with Crippen molar-refractivity contribution in [1.29, 1.82) is 0 Å². The predicted molar refractivity (Wildman–Crippen MR) is 112 cm³/mol. The van der Waals surface area contributed by atoms with Crippen LogP contribution in [0.3, 0.4) is 0 Å². The molecule has 3 aromatic rings. The lowest BCUT2D eigenvalue weighted by atomic mass is 9.79. The number of fused-ring (bicyclic) bond motifs is 2. The van der Waals surface area contributed by atoms with Crippen molar-refractivity contribution in [3.63, 3.8) is 0 Å². The van der Waals surface area contributed by atoms with E-state index in [0.29, 0.717) is 24.3 Å². The average Bonchev–Trinajstić information content (AvgIpc) is 3.30. The molecule has 0 aliphatic carbocycles. The summed E-state index contributed by atoms with van der Waals surface area (Å²) in [5.41, 5.74) is 3.78. The molecule has 0 bridgehead atoms. The number of piperidine rings is 1. The Hall–Kier alpha value is -3.16. The van der Waals surface area contributed by atoms with Crippen LogP contribution in [0.5, 0.6) is 0 Å². The Bertz CT molecular complexity index is 1150. The highest BCUT2D eigenvalue weighted by molar-refractivity contribution is 5.98. The second-order valence-electron chi connectivity index (χ2n) is 8.81. The van der Waals surface area contributed by atoms with E-state index in [2.05, 4.69) is 20.4 Å². The number of aromatic nitrogens is 4. The fraction of sp³-hybridized carbons (Fsp3) is 0.455. The van der Waals surface area contributed by atoms with Crippen LogP contribution in [0, 0.1) is 6.92 Å². The van der Waals surface area contributed by atoms with E-state index in [1.165, 1.54) is 0 Å². The van der Waals surface area contributed by atoms with Gasteiger partial charge in [0.05, 0.1) is 17.2 Å². The standard InChI is InChI=1S/C22H26N6O2/c1-13(2)28-19-16(12-23-28)11-22(26-20(19)29)6-8-27(9-7-22)21(30)15-4-5-17-18(10-15)25-14(3)24-17/h4-5,10,12-13H,6-9,11H2,1-3H3,(H,24,25)(H,26,29). The van der Waals surface area contributed by atoms with Crippen molar-refractivity contribution in [2.24, 2.45) is 0 Å². The molecule has 2 aliphatic rings. The van der Waals surface area contributed by atoms with Gasteiger partial charge in [-0.3, -0.25) is 14.3 Å². The molecule has 1 fully saturated rings. The van der Waals surface area contributed by atoms with Gasteiger partial charge in [0.25, 0.3) is 11.8 Å². The van der Waals surface area contributed by atoms with Crippen LogP contribution in [0.15, 0.2) is 24.4 Å². The topological polar surface area (TPSA) is 95.9 Å². The molecule has 5 rings (SSSR count). The van der Waals surface area contributed by atoms with Crippen molar-refractivity contribution in [2.75, 3.05) is 13.1 Å². The Morgan fingerprint density at radius 3 is 2.73 bits per heavy atom. The average molecular weight is 406 g/mol. The third-order valence-electron chi connectivity index (χ3n) is 6.34. The van der Waals surface area contributed by atoms with E-state index in [-0.39, 0.29) is 23.4 Å². The van der Waals surface area contributed by atoms with Crippen LogP contribution < -0.4 is 5.32 Å². The van der Waals surface area contributed by atoms with Crippen molar-refractivity contribution < 1.29 is 9.59 Å². The number of H-pyrrole nitrogens is 1. The van der Waals surface area contributed by atoms with E-state index in [9.17, 15) is 9.59 Å². The number of amides is 2. The van der Waals surface area contributed by atoms with Crippen LogP contribution in [0.2, 0.25) is 0 Å². The molecule has 2 N–H and O–H groups in total. The number of aromatic amines is 1. The quantitative estimate of drug-likeness (QED) is 0.684. The molecular weight excluding hydrogens is 380 g/mol. The van der Waals surface area contributed by atoms with Crippen molar-refractivity contribution in [1.82, 2.24) is 30.0 Å². The fourth-order valence-corrected chi connectivity index (χ4v) is 4.77. The summed E-state index contributed by atoms with van der Waals surface area (Å²) in [5, 5.41) is 7.66. The summed E-state index contributed by atoms with van der Waals surface area (Å²) in [6.07, 6.45) is 4.07. The van der Waals surface area contributed by atoms with Gasteiger partial charge in [-0.2, -0.15) is 5.10 Å². The van der Waals surface area contributed by atoms with Gasteiger partial charge < -0.3 is 15.2 Å². The van der Waals surface area contributed by atoms with Crippen LogP contribution in [-0.4, -0.2) is 55.1 Å². The zero-order chi connectivity index (χ0) is 21.0. The summed E-state index contributed by atoms with van der Waals surface area (Å²) in [5.74, 6) is 0.798. The number of likely N-dealkylation sites (tertiary alicyclic amines) is 1. The molecule has 2 aromatic heterocycles. The van der Waals surface area contributed by atoms with Crippen molar-refractivity contribution in [2.45, 2.75) is 51.6 Å². The summed E-state index contributed by atoms with van der Waals surface area (Å²) in [7, 11) is 0. The number of aryl methyl sites for hydroxylation is 1. The van der Waals surface area contributed by atoms with Gasteiger partial charge in [-0.25, -0.2) is 4.98 Å². The molecule has 4 heterocycles. The Labute approximate surface area is 174 Å². The number of carbonyl (C=O) groups excluding carboxylic acids is 2. The number of imidazole rings is 1. The first kappa shape index (κ1) is 18.8. The maximum Gasteiger partial charge on any atom is 0.270 e. The van der Waals surface area contributed by atoms with Gasteiger partial charge >= 0.3 is 0 Å². The Kier molecular flexibility index (Phi) is 4.20.